The summed E-state index contributed by atoms with van der Waals surface area (Å²) in [5.74, 6) is 0. The summed E-state index contributed by atoms with van der Waals surface area (Å²) in [5, 5.41) is 0. The van der Waals surface area contributed by atoms with Crippen LogP contribution in [0.4, 0.5) is 0 Å². The number of hydrogen-bond donors (Lipinski definition) is 0. The Balaban J connectivity index is 2.95. The van der Waals surface area contributed by atoms with Gasteiger partial charge in [-0.25, -0.2) is 0 Å². The Morgan fingerprint density at radius 1 is 0.423 bits per heavy atom. The van der Waals surface area contributed by atoms with Gasteiger partial charge in [0.1, 0.15) is 0 Å². The summed E-state index contributed by atoms with van der Waals surface area (Å²) < 4.78 is 5.48. The molecule has 1 radical (unpaired) electrons. The summed E-state index contributed by atoms with van der Waals surface area (Å²) >= 11 is 0. The van der Waals surface area contributed by atoms with Crippen LogP contribution in [0.15, 0.2) is 0 Å². The number of ether oxygens (including phenoxy) is 1. The lowest BCUT2D eigenvalue weighted by Crippen LogP contribution is -1.91. The van der Waals surface area contributed by atoms with Gasteiger partial charge in [-0.1, -0.05) is 136 Å². The highest BCUT2D eigenvalue weighted by Gasteiger charge is 1.95. The van der Waals surface area contributed by atoms with Crippen LogP contribution >= 0.6 is 0 Å². The van der Waals surface area contributed by atoms with E-state index in [-0.39, 0.29) is 0 Å². The average molecular weight is 368 g/mol. The Kier molecular flexibility index (Phi) is 24.9. The predicted octanol–water partition coefficient (Wildman–Crippen LogP) is 9.40. The molecule has 1 nitrogen and oxygen atoms in total. The van der Waals surface area contributed by atoms with E-state index in [9.17, 15) is 0 Å². The summed E-state index contributed by atoms with van der Waals surface area (Å²) in [6.07, 6.45) is 29.6. The monoisotopic (exact) mass is 367 g/mol. The van der Waals surface area contributed by atoms with E-state index in [1.54, 1.807) is 0 Å². The van der Waals surface area contributed by atoms with E-state index in [1.807, 2.05) is 6.61 Å². The average Bonchev–Trinajstić information content (AvgIpc) is 2.66. The molecule has 0 aliphatic heterocycles. The lowest BCUT2D eigenvalue weighted by atomic mass is 10.0. The Morgan fingerprint density at radius 2 is 0.769 bits per heavy atom. The standard InChI is InChI=1S/C25H51O/c1-3-5-7-8-9-10-11-12-13-14-15-16-17-18-19-20-21-22-23-25-26-24-6-4-2/h25H,3-24H2,1-2H3. The first-order valence-corrected chi connectivity index (χ1v) is 12.3. The van der Waals surface area contributed by atoms with Gasteiger partial charge in [-0.05, 0) is 12.8 Å². The van der Waals surface area contributed by atoms with E-state index in [2.05, 4.69) is 13.8 Å². The Morgan fingerprint density at radius 3 is 1.15 bits per heavy atom. The van der Waals surface area contributed by atoms with Gasteiger partial charge >= 0.3 is 0 Å². The maximum atomic E-state index is 5.48. The van der Waals surface area contributed by atoms with E-state index >= 15 is 0 Å². The first kappa shape index (κ1) is 26.0. The van der Waals surface area contributed by atoms with Crippen molar-refractivity contribution in [1.29, 1.82) is 0 Å². The molecule has 0 aromatic carbocycles. The van der Waals surface area contributed by atoms with Crippen LogP contribution in [0.5, 0.6) is 0 Å². The summed E-state index contributed by atoms with van der Waals surface area (Å²) in [7, 11) is 0. The molecule has 0 heterocycles. The molecular formula is C25H51O. The maximum absolute atomic E-state index is 5.48. The van der Waals surface area contributed by atoms with Gasteiger partial charge < -0.3 is 4.74 Å². The van der Waals surface area contributed by atoms with E-state index in [1.165, 1.54) is 128 Å². The molecule has 157 valence electrons. The number of rotatable bonds is 23. The molecule has 1 heteroatoms. The molecule has 0 saturated heterocycles. The predicted molar refractivity (Wildman–Crippen MR) is 119 cm³/mol. The molecule has 0 saturated carbocycles. The van der Waals surface area contributed by atoms with Gasteiger partial charge in [0.2, 0.25) is 0 Å². The normalized spacial score (nSPS) is 11.3. The topological polar surface area (TPSA) is 9.23 Å². The van der Waals surface area contributed by atoms with Crippen LogP contribution in [0, 0.1) is 6.61 Å². The lowest BCUT2D eigenvalue weighted by Gasteiger charge is -2.04. The molecule has 0 aromatic heterocycles. The van der Waals surface area contributed by atoms with Gasteiger partial charge in [0.25, 0.3) is 0 Å². The van der Waals surface area contributed by atoms with Crippen LogP contribution in [-0.4, -0.2) is 6.61 Å². The van der Waals surface area contributed by atoms with Crippen LogP contribution < -0.4 is 0 Å². The Hall–Kier alpha value is -0.0400. The van der Waals surface area contributed by atoms with Crippen molar-refractivity contribution in [3.8, 4) is 0 Å². The van der Waals surface area contributed by atoms with Crippen molar-refractivity contribution >= 4 is 0 Å². The molecule has 0 rings (SSSR count). The van der Waals surface area contributed by atoms with E-state index in [0.717, 1.165) is 13.0 Å². The second-order valence-corrected chi connectivity index (χ2v) is 8.19. The molecule has 0 fully saturated rings. The summed E-state index contributed by atoms with van der Waals surface area (Å²) in [6, 6.07) is 0. The van der Waals surface area contributed by atoms with Crippen LogP contribution in [0.1, 0.15) is 149 Å². The molecule has 0 unspecified atom stereocenters. The minimum Gasteiger partial charge on any atom is -0.376 e. The minimum atomic E-state index is 0.912. The fourth-order valence-electron chi connectivity index (χ4n) is 3.52. The number of hydrogen-bond acceptors (Lipinski definition) is 1. The quantitative estimate of drug-likeness (QED) is 0.163. The van der Waals surface area contributed by atoms with Crippen molar-refractivity contribution in [2.24, 2.45) is 0 Å². The van der Waals surface area contributed by atoms with Gasteiger partial charge in [-0.15, -0.1) is 0 Å². The molecule has 0 aliphatic carbocycles. The van der Waals surface area contributed by atoms with Crippen molar-refractivity contribution in [2.75, 3.05) is 6.61 Å². The minimum absolute atomic E-state index is 0.912. The summed E-state index contributed by atoms with van der Waals surface area (Å²) in [6.45, 7) is 7.45. The van der Waals surface area contributed by atoms with Crippen LogP contribution in [0.3, 0.4) is 0 Å². The van der Waals surface area contributed by atoms with E-state index < -0.39 is 0 Å². The van der Waals surface area contributed by atoms with E-state index in [0.29, 0.717) is 0 Å². The van der Waals surface area contributed by atoms with Gasteiger partial charge in [0.15, 0.2) is 0 Å². The largest absolute Gasteiger partial charge is 0.376 e. The Bertz CT molecular complexity index is 202. The highest BCUT2D eigenvalue weighted by Crippen LogP contribution is 2.14. The van der Waals surface area contributed by atoms with Crippen molar-refractivity contribution < 1.29 is 4.74 Å². The maximum Gasteiger partial charge on any atom is 0.0836 e. The van der Waals surface area contributed by atoms with E-state index in [4.69, 9.17) is 4.74 Å². The van der Waals surface area contributed by atoms with Crippen molar-refractivity contribution in [2.45, 2.75) is 149 Å². The van der Waals surface area contributed by atoms with Gasteiger partial charge in [0, 0.05) is 6.61 Å². The first-order chi connectivity index (χ1) is 12.9. The zero-order chi connectivity index (χ0) is 19.0. The molecule has 26 heavy (non-hydrogen) atoms. The SMILES string of the molecule is CCCCCCCCCCCCCCCCCCCC[CH]OCCCC. The van der Waals surface area contributed by atoms with Crippen LogP contribution in [0.25, 0.3) is 0 Å². The smallest absolute Gasteiger partial charge is 0.0836 e. The molecule has 0 N–H and O–H groups in total. The molecule has 0 aliphatic rings. The highest BCUT2D eigenvalue weighted by molar-refractivity contribution is 4.54. The molecular weight excluding hydrogens is 316 g/mol. The van der Waals surface area contributed by atoms with Gasteiger partial charge in [-0.3, -0.25) is 0 Å². The fraction of sp³-hybridized carbons (Fsp3) is 0.960. The molecule has 0 spiro atoms. The second-order valence-electron chi connectivity index (χ2n) is 8.19. The number of unbranched alkanes of at least 4 members (excludes halogenated alkanes) is 19. The molecule has 0 amide bonds. The van der Waals surface area contributed by atoms with Crippen molar-refractivity contribution in [3.05, 3.63) is 6.61 Å². The van der Waals surface area contributed by atoms with Crippen LogP contribution in [0.2, 0.25) is 0 Å². The third-order valence-corrected chi connectivity index (χ3v) is 5.41. The van der Waals surface area contributed by atoms with Crippen LogP contribution in [-0.2, 0) is 4.74 Å². The van der Waals surface area contributed by atoms with Gasteiger partial charge in [-0.2, -0.15) is 0 Å². The summed E-state index contributed by atoms with van der Waals surface area (Å²) in [4.78, 5) is 0. The third-order valence-electron chi connectivity index (χ3n) is 5.41. The Labute approximate surface area is 167 Å². The fourth-order valence-corrected chi connectivity index (χ4v) is 3.52. The first-order valence-electron chi connectivity index (χ1n) is 12.3. The summed E-state index contributed by atoms with van der Waals surface area (Å²) in [5.41, 5.74) is 0. The molecule has 0 aromatic rings. The third kappa shape index (κ3) is 24.0. The van der Waals surface area contributed by atoms with Crippen molar-refractivity contribution in [1.82, 2.24) is 0 Å². The zero-order valence-electron chi connectivity index (χ0n) is 18.5. The second kappa shape index (κ2) is 25.0. The molecule has 0 atom stereocenters. The van der Waals surface area contributed by atoms with Crippen molar-refractivity contribution in [3.63, 3.8) is 0 Å². The zero-order valence-corrected chi connectivity index (χ0v) is 18.5. The molecule has 0 bridgehead atoms. The highest BCUT2D eigenvalue weighted by atomic mass is 16.5. The van der Waals surface area contributed by atoms with Gasteiger partial charge in [0.05, 0.1) is 6.61 Å². The lowest BCUT2D eigenvalue weighted by molar-refractivity contribution is 0.185.